The molecule has 1 unspecified atom stereocenters. The van der Waals surface area contributed by atoms with Crippen LogP contribution in [0.1, 0.15) is 18.5 Å². The fourth-order valence-corrected chi connectivity index (χ4v) is 2.70. The summed E-state index contributed by atoms with van der Waals surface area (Å²) in [5.41, 5.74) is 3.61. The fraction of sp³-hybridized carbons (Fsp3) is 0.182. The maximum Gasteiger partial charge on any atom is 0.161 e. The second-order valence-corrected chi connectivity index (χ2v) is 5.31. The molecule has 0 aromatic carbocycles. The molecule has 4 nitrogen and oxygen atoms in total. The Bertz CT molecular complexity index is 530. The summed E-state index contributed by atoms with van der Waals surface area (Å²) >= 11 is 13.7. The summed E-state index contributed by atoms with van der Waals surface area (Å²) in [6, 6.07) is 3.76. The van der Waals surface area contributed by atoms with Gasteiger partial charge in [0, 0.05) is 0 Å². The summed E-state index contributed by atoms with van der Waals surface area (Å²) in [6.45, 7) is 2.03. The molecule has 2 aromatic rings. The van der Waals surface area contributed by atoms with Crippen LogP contribution in [-0.2, 0) is 0 Å². The van der Waals surface area contributed by atoms with Gasteiger partial charge in [-0.3, -0.25) is 0 Å². The molecule has 0 aliphatic rings. The van der Waals surface area contributed by atoms with E-state index in [1.165, 1.54) is 5.56 Å². The van der Waals surface area contributed by atoms with Crippen LogP contribution in [0.5, 0.6) is 0 Å². The van der Waals surface area contributed by atoms with E-state index in [0.717, 1.165) is 0 Å². The molecule has 1 atom stereocenters. The van der Waals surface area contributed by atoms with E-state index in [2.05, 4.69) is 21.1 Å². The first-order valence-corrected chi connectivity index (χ1v) is 6.93. The van der Waals surface area contributed by atoms with Gasteiger partial charge in [-0.25, -0.2) is 10.8 Å². The SMILES string of the molecule is CC(Nc1nc(NN)c(Cl)cc1Cl)c1ccsc1. The first kappa shape index (κ1) is 13.4. The van der Waals surface area contributed by atoms with Crippen molar-refractivity contribution < 1.29 is 0 Å². The number of aromatic nitrogens is 1. The number of pyridine rings is 1. The summed E-state index contributed by atoms with van der Waals surface area (Å²) in [5.74, 6) is 6.27. The lowest BCUT2D eigenvalue weighted by Gasteiger charge is -2.15. The van der Waals surface area contributed by atoms with Crippen molar-refractivity contribution in [2.75, 3.05) is 10.7 Å². The van der Waals surface area contributed by atoms with Crippen molar-refractivity contribution in [1.29, 1.82) is 0 Å². The molecule has 96 valence electrons. The van der Waals surface area contributed by atoms with Crippen molar-refractivity contribution >= 4 is 46.2 Å². The molecular formula is C11H12Cl2N4S. The number of nitrogens with zero attached hydrogens (tertiary/aromatic N) is 1. The zero-order valence-corrected chi connectivity index (χ0v) is 11.9. The monoisotopic (exact) mass is 302 g/mol. The van der Waals surface area contributed by atoms with E-state index in [1.54, 1.807) is 17.4 Å². The summed E-state index contributed by atoms with van der Waals surface area (Å²) in [5, 5.41) is 8.17. The predicted molar refractivity (Wildman–Crippen MR) is 78.4 cm³/mol. The van der Waals surface area contributed by atoms with Crippen molar-refractivity contribution in [2.45, 2.75) is 13.0 Å². The molecule has 0 saturated heterocycles. The normalized spacial score (nSPS) is 12.2. The molecule has 0 amide bonds. The van der Waals surface area contributed by atoms with Gasteiger partial charge in [-0.2, -0.15) is 11.3 Å². The molecule has 0 saturated carbocycles. The van der Waals surface area contributed by atoms with E-state index in [1.807, 2.05) is 18.4 Å². The van der Waals surface area contributed by atoms with E-state index < -0.39 is 0 Å². The third-order valence-corrected chi connectivity index (χ3v) is 3.74. The first-order valence-electron chi connectivity index (χ1n) is 5.23. The first-order chi connectivity index (χ1) is 8.61. The third kappa shape index (κ3) is 2.87. The lowest BCUT2D eigenvalue weighted by molar-refractivity contribution is 0.880. The minimum Gasteiger partial charge on any atom is -0.362 e. The number of rotatable bonds is 4. The van der Waals surface area contributed by atoms with Gasteiger partial charge in [0.05, 0.1) is 16.1 Å². The molecule has 0 aliphatic carbocycles. The molecule has 2 aromatic heterocycles. The van der Waals surface area contributed by atoms with Crippen molar-refractivity contribution in [2.24, 2.45) is 5.84 Å². The summed E-state index contributed by atoms with van der Waals surface area (Å²) < 4.78 is 0. The van der Waals surface area contributed by atoms with Crippen molar-refractivity contribution in [3.8, 4) is 0 Å². The maximum absolute atomic E-state index is 6.09. The average molecular weight is 303 g/mol. The molecule has 0 bridgehead atoms. The van der Waals surface area contributed by atoms with Gasteiger partial charge in [0.1, 0.15) is 5.82 Å². The fourth-order valence-electron chi connectivity index (χ4n) is 1.48. The van der Waals surface area contributed by atoms with Crippen LogP contribution in [0.25, 0.3) is 0 Å². The van der Waals surface area contributed by atoms with E-state index in [0.29, 0.717) is 21.7 Å². The van der Waals surface area contributed by atoms with Gasteiger partial charge in [0.15, 0.2) is 5.82 Å². The van der Waals surface area contributed by atoms with Crippen LogP contribution in [-0.4, -0.2) is 4.98 Å². The van der Waals surface area contributed by atoms with Gasteiger partial charge in [-0.05, 0) is 35.4 Å². The van der Waals surface area contributed by atoms with Gasteiger partial charge >= 0.3 is 0 Å². The zero-order chi connectivity index (χ0) is 13.1. The lowest BCUT2D eigenvalue weighted by atomic mass is 10.2. The quantitative estimate of drug-likeness (QED) is 0.592. The van der Waals surface area contributed by atoms with Gasteiger partial charge < -0.3 is 10.7 Å². The average Bonchev–Trinajstić information content (AvgIpc) is 2.86. The van der Waals surface area contributed by atoms with Crippen LogP contribution in [0.2, 0.25) is 10.0 Å². The zero-order valence-electron chi connectivity index (χ0n) is 9.58. The Morgan fingerprint density at radius 2 is 2.06 bits per heavy atom. The predicted octanol–water partition coefficient (Wildman–Crippen LogP) is 3.91. The molecule has 0 aliphatic heterocycles. The van der Waals surface area contributed by atoms with Crippen LogP contribution >= 0.6 is 34.5 Å². The Labute approximate surface area is 119 Å². The summed E-state index contributed by atoms with van der Waals surface area (Å²) in [7, 11) is 0. The van der Waals surface area contributed by atoms with Crippen LogP contribution in [0, 0.1) is 0 Å². The highest BCUT2D eigenvalue weighted by molar-refractivity contribution is 7.08. The van der Waals surface area contributed by atoms with E-state index >= 15 is 0 Å². The van der Waals surface area contributed by atoms with Crippen molar-refractivity contribution in [3.63, 3.8) is 0 Å². The Morgan fingerprint density at radius 3 is 2.67 bits per heavy atom. The minimum atomic E-state index is 0.105. The van der Waals surface area contributed by atoms with E-state index in [4.69, 9.17) is 29.0 Å². The van der Waals surface area contributed by atoms with E-state index in [-0.39, 0.29) is 6.04 Å². The molecule has 18 heavy (non-hydrogen) atoms. The minimum absolute atomic E-state index is 0.105. The second kappa shape index (κ2) is 5.75. The number of hydrogen-bond acceptors (Lipinski definition) is 5. The maximum atomic E-state index is 6.09. The Kier molecular flexibility index (Phi) is 4.29. The van der Waals surface area contributed by atoms with Crippen molar-refractivity contribution in [1.82, 2.24) is 4.98 Å². The van der Waals surface area contributed by atoms with Crippen LogP contribution in [0.4, 0.5) is 11.6 Å². The number of hydrogen-bond donors (Lipinski definition) is 3. The number of nitrogens with two attached hydrogens (primary N) is 1. The highest BCUT2D eigenvalue weighted by atomic mass is 35.5. The highest BCUT2D eigenvalue weighted by Gasteiger charge is 2.12. The number of hydrazine groups is 1. The lowest BCUT2D eigenvalue weighted by Crippen LogP contribution is -2.12. The van der Waals surface area contributed by atoms with Crippen LogP contribution in [0.3, 0.4) is 0 Å². The van der Waals surface area contributed by atoms with Crippen molar-refractivity contribution in [3.05, 3.63) is 38.5 Å². The Hall–Kier alpha value is -1.01. The number of nitrogen functional groups attached to an aromatic ring is 1. The molecule has 0 radical (unpaired) electrons. The van der Waals surface area contributed by atoms with Crippen LogP contribution in [0.15, 0.2) is 22.9 Å². The van der Waals surface area contributed by atoms with E-state index in [9.17, 15) is 0 Å². The van der Waals surface area contributed by atoms with Crippen LogP contribution < -0.4 is 16.6 Å². The summed E-state index contributed by atoms with van der Waals surface area (Å²) in [6.07, 6.45) is 0. The number of anilines is 2. The largest absolute Gasteiger partial charge is 0.362 e. The van der Waals surface area contributed by atoms with Gasteiger partial charge in [0.25, 0.3) is 0 Å². The van der Waals surface area contributed by atoms with Gasteiger partial charge in [-0.15, -0.1) is 0 Å². The Balaban J connectivity index is 2.23. The second-order valence-electron chi connectivity index (χ2n) is 3.72. The third-order valence-electron chi connectivity index (χ3n) is 2.46. The number of thiophene rings is 1. The number of nitrogens with one attached hydrogen (secondary N) is 2. The molecule has 0 fully saturated rings. The smallest absolute Gasteiger partial charge is 0.161 e. The van der Waals surface area contributed by atoms with Gasteiger partial charge in [0.2, 0.25) is 0 Å². The standard InChI is InChI=1S/C11H12Cl2N4S/c1-6(7-2-3-18-5-7)15-10-8(12)4-9(13)11(16-10)17-14/h2-6H,14H2,1H3,(H2,15,16,17). The molecular weight excluding hydrogens is 291 g/mol. The molecule has 4 N–H and O–H groups in total. The topological polar surface area (TPSA) is 63.0 Å². The summed E-state index contributed by atoms with van der Waals surface area (Å²) in [4.78, 5) is 4.23. The van der Waals surface area contributed by atoms with Gasteiger partial charge in [-0.1, -0.05) is 23.2 Å². The number of halogens is 2. The molecule has 2 rings (SSSR count). The Morgan fingerprint density at radius 1 is 1.33 bits per heavy atom. The molecule has 0 spiro atoms. The molecule has 7 heteroatoms. The molecule has 2 heterocycles. The highest BCUT2D eigenvalue weighted by Crippen LogP contribution is 2.31.